The van der Waals surface area contributed by atoms with E-state index in [9.17, 15) is 4.79 Å². The van der Waals surface area contributed by atoms with E-state index < -0.39 is 0 Å². The topological polar surface area (TPSA) is 30.0 Å². The molecule has 0 fully saturated rings. The second-order valence-electron chi connectivity index (χ2n) is 4.57. The molecule has 0 saturated carbocycles. The van der Waals surface area contributed by atoms with Gasteiger partial charge in [-0.25, -0.2) is 0 Å². The minimum atomic E-state index is 0.268. The van der Waals surface area contributed by atoms with E-state index >= 15 is 0 Å². The van der Waals surface area contributed by atoms with Gasteiger partial charge in [-0.3, -0.25) is 9.78 Å². The highest BCUT2D eigenvalue weighted by molar-refractivity contribution is 5.80. The van der Waals surface area contributed by atoms with Crippen LogP contribution in [0.3, 0.4) is 0 Å². The molecule has 1 aromatic heterocycles. The average Bonchev–Trinajstić information content (AvgIpc) is 2.38. The van der Waals surface area contributed by atoms with Crippen LogP contribution in [0.5, 0.6) is 0 Å². The molecule has 0 aliphatic carbocycles. The van der Waals surface area contributed by atoms with Crippen molar-refractivity contribution in [2.45, 2.75) is 26.2 Å². The first-order chi connectivity index (χ1) is 8.74. The van der Waals surface area contributed by atoms with Crippen LogP contribution < -0.4 is 0 Å². The summed E-state index contributed by atoms with van der Waals surface area (Å²) in [6, 6.07) is 12.1. The van der Waals surface area contributed by atoms with Crippen molar-refractivity contribution in [2.75, 3.05) is 0 Å². The maximum atomic E-state index is 11.8. The third-order valence-electron chi connectivity index (χ3n) is 2.90. The van der Waals surface area contributed by atoms with E-state index in [2.05, 4.69) is 30.1 Å². The van der Waals surface area contributed by atoms with Gasteiger partial charge in [0, 0.05) is 25.2 Å². The summed E-state index contributed by atoms with van der Waals surface area (Å²) in [7, 11) is 0. The fourth-order valence-electron chi connectivity index (χ4n) is 1.97. The molecule has 0 amide bonds. The molecule has 1 aromatic carbocycles. The van der Waals surface area contributed by atoms with Crippen molar-refractivity contribution in [3.05, 3.63) is 65.5 Å². The first kappa shape index (κ1) is 12.5. The number of rotatable bonds is 5. The highest BCUT2D eigenvalue weighted by Crippen LogP contribution is 2.08. The van der Waals surface area contributed by atoms with Crippen LogP contribution in [0.25, 0.3) is 0 Å². The van der Waals surface area contributed by atoms with Crippen LogP contribution in [0.15, 0.2) is 48.8 Å². The standard InChI is InChI=1S/C16H17NO/c1-13-4-2-5-14(10-13)7-8-16(18)11-15-6-3-9-17-12-15/h2-6,9-10,12H,7-8,11H2,1H3. The minimum Gasteiger partial charge on any atom is -0.299 e. The molecule has 1 heterocycles. The van der Waals surface area contributed by atoms with Crippen LogP contribution >= 0.6 is 0 Å². The van der Waals surface area contributed by atoms with Crippen molar-refractivity contribution < 1.29 is 4.79 Å². The van der Waals surface area contributed by atoms with Crippen LogP contribution in [0.2, 0.25) is 0 Å². The lowest BCUT2D eigenvalue weighted by Crippen LogP contribution is -2.04. The molecule has 0 bridgehead atoms. The summed E-state index contributed by atoms with van der Waals surface area (Å²) < 4.78 is 0. The third kappa shape index (κ3) is 3.81. The van der Waals surface area contributed by atoms with Crippen LogP contribution in [0, 0.1) is 6.92 Å². The Morgan fingerprint density at radius 3 is 2.72 bits per heavy atom. The lowest BCUT2D eigenvalue weighted by atomic mass is 10.0. The summed E-state index contributed by atoms with van der Waals surface area (Å²) >= 11 is 0. The molecule has 92 valence electrons. The Balaban J connectivity index is 1.85. The number of ketones is 1. The van der Waals surface area contributed by atoms with E-state index in [4.69, 9.17) is 0 Å². The van der Waals surface area contributed by atoms with Crippen molar-refractivity contribution >= 4 is 5.78 Å². The highest BCUT2D eigenvalue weighted by Gasteiger charge is 2.04. The Kier molecular flexibility index (Phi) is 4.24. The summed E-state index contributed by atoms with van der Waals surface area (Å²) in [5, 5.41) is 0. The number of hydrogen-bond acceptors (Lipinski definition) is 2. The minimum absolute atomic E-state index is 0.268. The van der Waals surface area contributed by atoms with Gasteiger partial charge >= 0.3 is 0 Å². The van der Waals surface area contributed by atoms with Crippen LogP contribution in [0.4, 0.5) is 0 Å². The smallest absolute Gasteiger partial charge is 0.137 e. The maximum Gasteiger partial charge on any atom is 0.137 e. The Morgan fingerprint density at radius 2 is 2.00 bits per heavy atom. The van der Waals surface area contributed by atoms with Crippen molar-refractivity contribution in [3.8, 4) is 0 Å². The van der Waals surface area contributed by atoms with Gasteiger partial charge in [-0.1, -0.05) is 35.9 Å². The second kappa shape index (κ2) is 6.10. The molecule has 0 spiro atoms. The molecule has 0 atom stereocenters. The summed E-state index contributed by atoms with van der Waals surface area (Å²) in [6.07, 6.45) is 5.38. The number of aryl methyl sites for hydroxylation is 2. The van der Waals surface area contributed by atoms with Gasteiger partial charge in [0.05, 0.1) is 0 Å². The summed E-state index contributed by atoms with van der Waals surface area (Å²) in [4.78, 5) is 15.9. The van der Waals surface area contributed by atoms with Gasteiger partial charge in [-0.05, 0) is 30.5 Å². The van der Waals surface area contributed by atoms with Gasteiger partial charge in [-0.2, -0.15) is 0 Å². The first-order valence-electron chi connectivity index (χ1n) is 6.20. The number of Topliss-reactive ketones (excluding diaryl/α,β-unsaturated/α-hetero) is 1. The molecule has 0 N–H and O–H groups in total. The normalized spacial score (nSPS) is 10.3. The van der Waals surface area contributed by atoms with E-state index in [1.54, 1.807) is 12.4 Å². The Hall–Kier alpha value is -1.96. The fourth-order valence-corrected chi connectivity index (χ4v) is 1.97. The van der Waals surface area contributed by atoms with Crippen LogP contribution in [-0.4, -0.2) is 10.8 Å². The highest BCUT2D eigenvalue weighted by atomic mass is 16.1. The molecule has 0 saturated heterocycles. The predicted octanol–water partition coefficient (Wildman–Crippen LogP) is 3.13. The molecule has 0 aliphatic rings. The van der Waals surface area contributed by atoms with Crippen molar-refractivity contribution in [2.24, 2.45) is 0 Å². The molecular formula is C16H17NO. The molecule has 0 radical (unpaired) electrons. The predicted molar refractivity (Wildman–Crippen MR) is 72.4 cm³/mol. The summed E-state index contributed by atoms with van der Waals surface area (Å²) in [5.74, 6) is 0.268. The molecule has 2 nitrogen and oxygen atoms in total. The first-order valence-corrected chi connectivity index (χ1v) is 6.20. The fraction of sp³-hybridized carbons (Fsp3) is 0.250. The molecular weight excluding hydrogens is 222 g/mol. The third-order valence-corrected chi connectivity index (χ3v) is 2.90. The van der Waals surface area contributed by atoms with Crippen molar-refractivity contribution in [1.29, 1.82) is 0 Å². The van der Waals surface area contributed by atoms with Crippen molar-refractivity contribution in [1.82, 2.24) is 4.98 Å². The number of carbonyl (C=O) groups is 1. The van der Waals surface area contributed by atoms with E-state index in [0.717, 1.165) is 12.0 Å². The number of benzene rings is 1. The summed E-state index contributed by atoms with van der Waals surface area (Å²) in [5.41, 5.74) is 3.47. The van der Waals surface area contributed by atoms with E-state index in [-0.39, 0.29) is 5.78 Å². The van der Waals surface area contributed by atoms with E-state index in [0.29, 0.717) is 12.8 Å². The lowest BCUT2D eigenvalue weighted by molar-refractivity contribution is -0.118. The van der Waals surface area contributed by atoms with Gasteiger partial charge in [0.15, 0.2) is 0 Å². The zero-order valence-electron chi connectivity index (χ0n) is 10.6. The number of nitrogens with zero attached hydrogens (tertiary/aromatic N) is 1. The summed E-state index contributed by atoms with van der Waals surface area (Å²) in [6.45, 7) is 2.07. The zero-order chi connectivity index (χ0) is 12.8. The molecule has 2 heteroatoms. The Bertz CT molecular complexity index is 520. The monoisotopic (exact) mass is 239 g/mol. The largest absolute Gasteiger partial charge is 0.299 e. The van der Waals surface area contributed by atoms with Gasteiger partial charge in [0.1, 0.15) is 5.78 Å². The number of aromatic nitrogens is 1. The Labute approximate surface area is 108 Å². The number of pyridine rings is 1. The van der Waals surface area contributed by atoms with Gasteiger partial charge in [0.25, 0.3) is 0 Å². The van der Waals surface area contributed by atoms with Crippen LogP contribution in [-0.2, 0) is 17.6 Å². The Morgan fingerprint density at radius 1 is 1.17 bits per heavy atom. The van der Waals surface area contributed by atoms with Gasteiger partial charge in [-0.15, -0.1) is 0 Å². The molecule has 18 heavy (non-hydrogen) atoms. The molecule has 0 aliphatic heterocycles. The van der Waals surface area contributed by atoms with Gasteiger partial charge in [0.2, 0.25) is 0 Å². The molecule has 0 unspecified atom stereocenters. The quantitative estimate of drug-likeness (QED) is 0.802. The zero-order valence-corrected chi connectivity index (χ0v) is 10.6. The maximum absolute atomic E-state index is 11.8. The van der Waals surface area contributed by atoms with Crippen molar-refractivity contribution in [3.63, 3.8) is 0 Å². The second-order valence-corrected chi connectivity index (χ2v) is 4.57. The molecule has 2 rings (SSSR count). The average molecular weight is 239 g/mol. The van der Waals surface area contributed by atoms with E-state index in [1.807, 2.05) is 18.2 Å². The molecule has 2 aromatic rings. The van der Waals surface area contributed by atoms with Crippen LogP contribution in [0.1, 0.15) is 23.1 Å². The number of carbonyl (C=O) groups excluding carboxylic acids is 1. The van der Waals surface area contributed by atoms with Gasteiger partial charge < -0.3 is 0 Å². The lowest BCUT2D eigenvalue weighted by Gasteiger charge is -2.03. The number of hydrogen-bond donors (Lipinski definition) is 0. The SMILES string of the molecule is Cc1cccc(CCC(=O)Cc2cccnc2)c1. The van der Waals surface area contributed by atoms with E-state index in [1.165, 1.54) is 11.1 Å².